The second-order valence-corrected chi connectivity index (χ2v) is 6.07. The van der Waals surface area contributed by atoms with E-state index in [0.29, 0.717) is 11.4 Å². The molecule has 1 aromatic carbocycles. The summed E-state index contributed by atoms with van der Waals surface area (Å²) >= 11 is 9.41. The Morgan fingerprint density at radius 2 is 2.16 bits per heavy atom. The largest absolute Gasteiger partial charge is 0.296 e. The van der Waals surface area contributed by atoms with E-state index in [9.17, 15) is 9.59 Å². The average Bonchev–Trinajstić information content (AvgIpc) is 2.32. The molecule has 2 amide bonds. The van der Waals surface area contributed by atoms with Gasteiger partial charge in [-0.1, -0.05) is 46.9 Å². The number of rotatable bonds is 3. The Labute approximate surface area is 125 Å². The van der Waals surface area contributed by atoms with Gasteiger partial charge in [0.1, 0.15) is 0 Å². The number of nitrogens with one attached hydrogen (secondary N) is 1. The van der Waals surface area contributed by atoms with Crippen molar-refractivity contribution in [1.82, 2.24) is 5.32 Å². The molecule has 19 heavy (non-hydrogen) atoms. The highest BCUT2D eigenvalue weighted by molar-refractivity contribution is 9.10. The first-order chi connectivity index (χ1) is 9.02. The van der Waals surface area contributed by atoms with Crippen molar-refractivity contribution >= 4 is 39.3 Å². The number of halogens is 2. The standard InChI is InChI=1S/C14H15BrClNO2/c1-2-3-10-11(7-13(18)17-14(10)19)9-5-4-8(16)6-12(9)15/h4-6,10-11H,2-3,7H2,1H3,(H,17,18,19). The lowest BCUT2D eigenvalue weighted by molar-refractivity contribution is -0.137. The summed E-state index contributed by atoms with van der Waals surface area (Å²) in [5.41, 5.74) is 0.978. The molecule has 1 saturated heterocycles. The topological polar surface area (TPSA) is 46.2 Å². The van der Waals surface area contributed by atoms with Crippen LogP contribution >= 0.6 is 27.5 Å². The van der Waals surface area contributed by atoms with Crippen LogP contribution < -0.4 is 5.32 Å². The van der Waals surface area contributed by atoms with E-state index in [1.54, 1.807) is 12.1 Å². The van der Waals surface area contributed by atoms with Crippen molar-refractivity contribution in [2.75, 3.05) is 0 Å². The monoisotopic (exact) mass is 343 g/mol. The Kier molecular flexibility index (Phi) is 4.63. The smallest absolute Gasteiger partial charge is 0.230 e. The van der Waals surface area contributed by atoms with Crippen molar-refractivity contribution in [2.24, 2.45) is 5.92 Å². The molecule has 0 radical (unpaired) electrons. The SMILES string of the molecule is CCCC1C(=O)NC(=O)CC1c1ccc(Cl)cc1Br. The molecule has 0 saturated carbocycles. The lowest BCUT2D eigenvalue weighted by atomic mass is 9.78. The molecular weight excluding hydrogens is 330 g/mol. The predicted molar refractivity (Wildman–Crippen MR) is 78.1 cm³/mol. The molecule has 0 bridgehead atoms. The maximum Gasteiger partial charge on any atom is 0.230 e. The Bertz CT molecular complexity index is 518. The van der Waals surface area contributed by atoms with E-state index in [1.165, 1.54) is 0 Å². The number of carbonyl (C=O) groups is 2. The first kappa shape index (κ1) is 14.5. The third kappa shape index (κ3) is 3.18. The molecule has 1 N–H and O–H groups in total. The summed E-state index contributed by atoms with van der Waals surface area (Å²) in [5, 5.41) is 3.06. The quantitative estimate of drug-likeness (QED) is 0.851. The highest BCUT2D eigenvalue weighted by Crippen LogP contribution is 2.38. The molecule has 0 aromatic heterocycles. The molecule has 1 aliphatic rings. The molecule has 5 heteroatoms. The summed E-state index contributed by atoms with van der Waals surface area (Å²) < 4.78 is 0.855. The number of benzene rings is 1. The van der Waals surface area contributed by atoms with Gasteiger partial charge in [-0.05, 0) is 24.1 Å². The normalized spacial score (nSPS) is 23.3. The lowest BCUT2D eigenvalue weighted by Gasteiger charge is -2.30. The summed E-state index contributed by atoms with van der Waals surface area (Å²) in [6, 6.07) is 5.49. The summed E-state index contributed by atoms with van der Waals surface area (Å²) in [4.78, 5) is 23.6. The molecule has 2 rings (SSSR count). The van der Waals surface area contributed by atoms with E-state index < -0.39 is 0 Å². The van der Waals surface area contributed by atoms with Crippen molar-refractivity contribution in [1.29, 1.82) is 0 Å². The van der Waals surface area contributed by atoms with E-state index >= 15 is 0 Å². The van der Waals surface area contributed by atoms with E-state index in [-0.39, 0.29) is 23.7 Å². The van der Waals surface area contributed by atoms with Gasteiger partial charge in [-0.25, -0.2) is 0 Å². The lowest BCUT2D eigenvalue weighted by Crippen LogP contribution is -2.44. The third-order valence-corrected chi connectivity index (χ3v) is 4.37. The van der Waals surface area contributed by atoms with Crippen LogP contribution in [-0.4, -0.2) is 11.8 Å². The van der Waals surface area contributed by atoms with Crippen LogP contribution in [0.5, 0.6) is 0 Å². The molecule has 2 unspecified atom stereocenters. The average molecular weight is 345 g/mol. The second kappa shape index (κ2) is 6.06. The molecule has 0 spiro atoms. The minimum atomic E-state index is -0.204. The fourth-order valence-electron chi connectivity index (χ4n) is 2.58. The van der Waals surface area contributed by atoms with Crippen LogP contribution in [0, 0.1) is 5.92 Å². The summed E-state index contributed by atoms with van der Waals surface area (Å²) in [6.07, 6.45) is 2.03. The summed E-state index contributed by atoms with van der Waals surface area (Å²) in [6.45, 7) is 2.04. The molecule has 1 fully saturated rings. The van der Waals surface area contributed by atoms with Gasteiger partial charge in [0.2, 0.25) is 11.8 Å². The van der Waals surface area contributed by atoms with Gasteiger partial charge in [-0.2, -0.15) is 0 Å². The number of piperidine rings is 1. The Balaban J connectivity index is 2.37. The summed E-state index contributed by atoms with van der Waals surface area (Å²) in [7, 11) is 0. The van der Waals surface area contributed by atoms with Gasteiger partial charge < -0.3 is 0 Å². The molecule has 2 atom stereocenters. The molecule has 102 valence electrons. The van der Waals surface area contributed by atoms with Gasteiger partial charge in [0.05, 0.1) is 0 Å². The van der Waals surface area contributed by atoms with Crippen LogP contribution in [0.1, 0.15) is 37.7 Å². The van der Waals surface area contributed by atoms with Crippen LogP contribution in [-0.2, 0) is 9.59 Å². The molecular formula is C14H15BrClNO2. The van der Waals surface area contributed by atoms with Gasteiger partial charge >= 0.3 is 0 Å². The fraction of sp³-hybridized carbons (Fsp3) is 0.429. The predicted octanol–water partition coefficient (Wildman–Crippen LogP) is 3.65. The number of amides is 2. The van der Waals surface area contributed by atoms with Gasteiger partial charge in [-0.15, -0.1) is 0 Å². The fourth-order valence-corrected chi connectivity index (χ4v) is 3.55. The number of hydrogen-bond acceptors (Lipinski definition) is 2. The van der Waals surface area contributed by atoms with E-state index in [4.69, 9.17) is 11.6 Å². The van der Waals surface area contributed by atoms with Gasteiger partial charge in [0.25, 0.3) is 0 Å². The van der Waals surface area contributed by atoms with Crippen molar-refractivity contribution < 1.29 is 9.59 Å². The van der Waals surface area contributed by atoms with Crippen LogP contribution in [0.3, 0.4) is 0 Å². The molecule has 1 aromatic rings. The van der Waals surface area contributed by atoms with E-state index in [1.807, 2.05) is 13.0 Å². The number of carbonyl (C=O) groups excluding carboxylic acids is 2. The van der Waals surface area contributed by atoms with Crippen LogP contribution in [0.4, 0.5) is 0 Å². The second-order valence-electron chi connectivity index (χ2n) is 4.78. The minimum Gasteiger partial charge on any atom is -0.296 e. The van der Waals surface area contributed by atoms with Crippen molar-refractivity contribution in [3.63, 3.8) is 0 Å². The van der Waals surface area contributed by atoms with E-state index in [0.717, 1.165) is 22.9 Å². The maximum atomic E-state index is 12.0. The Morgan fingerprint density at radius 1 is 1.42 bits per heavy atom. The molecule has 1 aliphatic heterocycles. The number of imide groups is 1. The highest BCUT2D eigenvalue weighted by atomic mass is 79.9. The minimum absolute atomic E-state index is 0.0761. The first-order valence-corrected chi connectivity index (χ1v) is 7.48. The zero-order valence-corrected chi connectivity index (χ0v) is 12.9. The summed E-state index contributed by atoms with van der Waals surface area (Å²) in [5.74, 6) is -0.595. The third-order valence-electron chi connectivity index (χ3n) is 3.45. The van der Waals surface area contributed by atoms with Crippen molar-refractivity contribution in [3.8, 4) is 0 Å². The van der Waals surface area contributed by atoms with Crippen molar-refractivity contribution in [3.05, 3.63) is 33.3 Å². The molecule has 3 nitrogen and oxygen atoms in total. The molecule has 1 heterocycles. The first-order valence-electron chi connectivity index (χ1n) is 6.31. The number of hydrogen-bond donors (Lipinski definition) is 1. The zero-order valence-electron chi connectivity index (χ0n) is 10.6. The zero-order chi connectivity index (χ0) is 14.0. The van der Waals surface area contributed by atoms with Crippen molar-refractivity contribution in [2.45, 2.75) is 32.1 Å². The van der Waals surface area contributed by atoms with E-state index in [2.05, 4.69) is 21.2 Å². The van der Waals surface area contributed by atoms with Crippen LogP contribution in [0.25, 0.3) is 0 Å². The van der Waals surface area contributed by atoms with Gasteiger partial charge in [-0.3, -0.25) is 14.9 Å². The Morgan fingerprint density at radius 3 is 2.79 bits per heavy atom. The highest BCUT2D eigenvalue weighted by Gasteiger charge is 2.36. The van der Waals surface area contributed by atoms with Crippen LogP contribution in [0.2, 0.25) is 5.02 Å². The maximum absolute atomic E-state index is 12.0. The van der Waals surface area contributed by atoms with Gasteiger partial charge in [0.15, 0.2) is 0 Å². The molecule has 0 aliphatic carbocycles. The Hall–Kier alpha value is -0.870. The van der Waals surface area contributed by atoms with Gasteiger partial charge in [0, 0.05) is 27.8 Å². The van der Waals surface area contributed by atoms with Crippen LogP contribution in [0.15, 0.2) is 22.7 Å².